The number of oxazole rings is 1. The molecule has 5 heteroatoms. The fraction of sp³-hybridized carbons (Fsp3) is 0.0714. The van der Waals surface area contributed by atoms with Gasteiger partial charge in [0.15, 0.2) is 6.54 Å². The Bertz CT molecular complexity index is 952. The molecular formula is C14H8N3O2+. The van der Waals surface area contributed by atoms with Crippen molar-refractivity contribution in [3.63, 3.8) is 0 Å². The molecule has 4 aromatic heterocycles. The number of furan rings is 1. The van der Waals surface area contributed by atoms with Gasteiger partial charge in [0.1, 0.15) is 22.2 Å². The molecule has 4 aromatic rings. The second kappa shape index (κ2) is 3.00. The van der Waals surface area contributed by atoms with Crippen LogP contribution in [0.25, 0.3) is 33.7 Å². The molecule has 0 fully saturated rings. The third-order valence-electron chi connectivity index (χ3n) is 3.57. The van der Waals surface area contributed by atoms with Gasteiger partial charge in [0.25, 0.3) is 0 Å². The van der Waals surface area contributed by atoms with Crippen molar-refractivity contribution in [3.05, 3.63) is 42.5 Å². The molecule has 90 valence electrons. The minimum absolute atomic E-state index is 0.549. The molecule has 1 aliphatic rings. The van der Waals surface area contributed by atoms with Crippen LogP contribution in [0.15, 0.2) is 45.6 Å². The summed E-state index contributed by atoms with van der Waals surface area (Å²) in [6, 6.07) is 5.78. The van der Waals surface area contributed by atoms with Crippen LogP contribution in [-0.2, 0) is 6.54 Å². The van der Waals surface area contributed by atoms with Gasteiger partial charge >= 0.3 is 17.2 Å². The number of aromatic nitrogens is 3. The first-order chi connectivity index (χ1) is 9.42. The summed E-state index contributed by atoms with van der Waals surface area (Å²) in [6.45, 7) is 0.710. The largest absolute Gasteiger partial charge is 0.420 e. The number of hydrogen-bond donors (Lipinski definition) is 0. The van der Waals surface area contributed by atoms with Crippen molar-refractivity contribution in [2.24, 2.45) is 0 Å². The summed E-state index contributed by atoms with van der Waals surface area (Å²) in [5.74, 6) is 1.36. The summed E-state index contributed by atoms with van der Waals surface area (Å²) in [5, 5.41) is 0.973. The molecule has 19 heavy (non-hydrogen) atoms. The molecule has 0 amide bonds. The van der Waals surface area contributed by atoms with Crippen LogP contribution in [0.3, 0.4) is 0 Å². The van der Waals surface area contributed by atoms with E-state index in [1.807, 2.05) is 18.2 Å². The molecule has 0 N–H and O–H groups in total. The molecule has 0 saturated carbocycles. The Hall–Kier alpha value is -2.69. The lowest BCUT2D eigenvalue weighted by atomic mass is 10.2. The van der Waals surface area contributed by atoms with E-state index in [-0.39, 0.29) is 0 Å². The van der Waals surface area contributed by atoms with Crippen LogP contribution in [0.2, 0.25) is 0 Å². The van der Waals surface area contributed by atoms with Gasteiger partial charge in [0.2, 0.25) is 0 Å². The SMILES string of the molecule is c1cnc2c(c1)-c1oc3oc4ccncc4c3[n+]1C2. The topological polar surface area (TPSA) is 55.9 Å². The molecule has 5 rings (SSSR count). The molecule has 0 saturated heterocycles. The van der Waals surface area contributed by atoms with Crippen LogP contribution in [0.4, 0.5) is 0 Å². The van der Waals surface area contributed by atoms with Crippen LogP contribution < -0.4 is 4.57 Å². The zero-order valence-corrected chi connectivity index (χ0v) is 9.83. The Morgan fingerprint density at radius 1 is 1.16 bits per heavy atom. The summed E-state index contributed by atoms with van der Waals surface area (Å²) in [5.41, 5.74) is 3.81. The van der Waals surface area contributed by atoms with Crippen LogP contribution >= 0.6 is 0 Å². The third-order valence-corrected chi connectivity index (χ3v) is 3.57. The fourth-order valence-electron chi connectivity index (χ4n) is 2.74. The minimum Gasteiger partial charge on any atom is -0.420 e. The Balaban J connectivity index is 1.94. The van der Waals surface area contributed by atoms with Crippen LogP contribution in [0.5, 0.6) is 0 Å². The van der Waals surface area contributed by atoms with Gasteiger partial charge in [-0.05, 0) is 12.1 Å². The van der Waals surface area contributed by atoms with Crippen molar-refractivity contribution >= 4 is 22.3 Å². The standard InChI is InChI=1S/C14H8N3O2/c1-2-8-10(16-4-1)7-17-12-9-6-15-5-3-11(9)18-14(12)19-13(8)17/h1-6H,7H2/q+1. The number of pyridine rings is 2. The first-order valence-electron chi connectivity index (χ1n) is 6.05. The van der Waals surface area contributed by atoms with E-state index in [2.05, 4.69) is 14.5 Å². The maximum absolute atomic E-state index is 5.85. The summed E-state index contributed by atoms with van der Waals surface area (Å²) in [6.07, 6.45) is 5.32. The van der Waals surface area contributed by atoms with Crippen molar-refractivity contribution in [1.29, 1.82) is 0 Å². The lowest BCUT2D eigenvalue weighted by Gasteiger charge is -1.87. The van der Waals surface area contributed by atoms with Gasteiger partial charge < -0.3 is 8.83 Å². The molecule has 0 atom stereocenters. The fourth-order valence-corrected chi connectivity index (χ4v) is 2.74. The molecule has 5 nitrogen and oxygen atoms in total. The average Bonchev–Trinajstić information content (AvgIpc) is 3.05. The van der Waals surface area contributed by atoms with Crippen molar-refractivity contribution in [3.8, 4) is 11.5 Å². The first kappa shape index (κ1) is 9.27. The number of nitrogens with zero attached hydrogens (tertiary/aromatic N) is 3. The van der Waals surface area contributed by atoms with Crippen LogP contribution in [0, 0.1) is 0 Å². The van der Waals surface area contributed by atoms with E-state index in [1.54, 1.807) is 18.6 Å². The van der Waals surface area contributed by atoms with Gasteiger partial charge in [-0.15, -0.1) is 4.57 Å². The zero-order chi connectivity index (χ0) is 12.4. The molecule has 0 unspecified atom stereocenters. The van der Waals surface area contributed by atoms with Crippen molar-refractivity contribution in [1.82, 2.24) is 9.97 Å². The van der Waals surface area contributed by atoms with E-state index in [0.717, 1.165) is 33.6 Å². The Morgan fingerprint density at radius 3 is 3.16 bits per heavy atom. The van der Waals surface area contributed by atoms with Gasteiger partial charge in [-0.3, -0.25) is 9.97 Å². The van der Waals surface area contributed by atoms with E-state index in [1.165, 1.54) is 0 Å². The maximum atomic E-state index is 5.85. The lowest BCUT2D eigenvalue weighted by Crippen LogP contribution is -2.30. The van der Waals surface area contributed by atoms with E-state index >= 15 is 0 Å². The minimum atomic E-state index is 0.549. The predicted molar refractivity (Wildman–Crippen MR) is 66.3 cm³/mol. The number of fused-ring (bicyclic) bond motifs is 7. The van der Waals surface area contributed by atoms with E-state index in [9.17, 15) is 0 Å². The predicted octanol–water partition coefficient (Wildman–Crippen LogP) is 2.29. The second-order valence-electron chi connectivity index (χ2n) is 4.60. The Kier molecular flexibility index (Phi) is 1.46. The van der Waals surface area contributed by atoms with Crippen LogP contribution in [-0.4, -0.2) is 9.97 Å². The van der Waals surface area contributed by atoms with E-state index < -0.39 is 0 Å². The molecule has 5 heterocycles. The van der Waals surface area contributed by atoms with Crippen molar-refractivity contribution in [2.45, 2.75) is 6.54 Å². The molecule has 0 bridgehead atoms. The average molecular weight is 250 g/mol. The van der Waals surface area contributed by atoms with Gasteiger partial charge in [-0.1, -0.05) is 0 Å². The quantitative estimate of drug-likeness (QED) is 0.396. The summed E-state index contributed by atoms with van der Waals surface area (Å²) in [7, 11) is 0. The van der Waals surface area contributed by atoms with Crippen LogP contribution in [0.1, 0.15) is 5.69 Å². The highest BCUT2D eigenvalue weighted by molar-refractivity contribution is 5.98. The maximum Gasteiger partial charge on any atom is 0.386 e. The first-order valence-corrected chi connectivity index (χ1v) is 6.05. The molecule has 1 aliphatic heterocycles. The van der Waals surface area contributed by atoms with E-state index in [0.29, 0.717) is 12.3 Å². The van der Waals surface area contributed by atoms with Gasteiger partial charge in [-0.25, -0.2) is 0 Å². The normalized spacial score (nSPS) is 13.1. The smallest absolute Gasteiger partial charge is 0.386 e. The Morgan fingerprint density at radius 2 is 2.16 bits per heavy atom. The van der Waals surface area contributed by atoms with Gasteiger partial charge in [0, 0.05) is 24.7 Å². The van der Waals surface area contributed by atoms with Gasteiger partial charge in [-0.2, -0.15) is 0 Å². The molecule has 0 aromatic carbocycles. The molecule has 0 radical (unpaired) electrons. The third kappa shape index (κ3) is 1.03. The molecular weight excluding hydrogens is 242 g/mol. The highest BCUT2D eigenvalue weighted by Gasteiger charge is 2.37. The monoisotopic (exact) mass is 250 g/mol. The number of rotatable bonds is 0. The van der Waals surface area contributed by atoms with Crippen molar-refractivity contribution in [2.75, 3.05) is 0 Å². The number of hydrogen-bond acceptors (Lipinski definition) is 4. The molecule has 0 aliphatic carbocycles. The highest BCUT2D eigenvalue weighted by atomic mass is 16.5. The Labute approximate surface area is 107 Å². The zero-order valence-electron chi connectivity index (χ0n) is 9.83. The summed E-state index contributed by atoms with van der Waals surface area (Å²) < 4.78 is 13.7. The van der Waals surface area contributed by atoms with Gasteiger partial charge in [0.05, 0.1) is 0 Å². The lowest BCUT2D eigenvalue weighted by molar-refractivity contribution is -0.649. The van der Waals surface area contributed by atoms with E-state index in [4.69, 9.17) is 8.83 Å². The highest BCUT2D eigenvalue weighted by Crippen LogP contribution is 2.34. The second-order valence-corrected chi connectivity index (χ2v) is 4.60. The molecule has 0 spiro atoms. The summed E-state index contributed by atoms with van der Waals surface area (Å²) >= 11 is 0. The summed E-state index contributed by atoms with van der Waals surface area (Å²) in [4.78, 5) is 8.55. The van der Waals surface area contributed by atoms with Crippen molar-refractivity contribution < 1.29 is 13.4 Å².